The first-order valence-corrected chi connectivity index (χ1v) is 7.95. The molecule has 3 aromatic rings. The molecule has 0 atom stereocenters. The molecule has 0 saturated heterocycles. The molecule has 0 aliphatic carbocycles. The van der Waals surface area contributed by atoms with Crippen LogP contribution >= 0.6 is 15.9 Å². The number of nitrogen functional groups attached to an aromatic ring is 1. The number of hydrogen-bond acceptors (Lipinski definition) is 5. The van der Waals surface area contributed by atoms with Crippen LogP contribution in [0.15, 0.2) is 35.1 Å². The number of nitrogens with one attached hydrogen (secondary N) is 1. The maximum Gasteiger partial charge on any atom is 0.227 e. The molecule has 6 nitrogen and oxygen atoms in total. The largest absolute Gasteiger partial charge is 0.382 e. The first-order chi connectivity index (χ1) is 10.7. The van der Waals surface area contributed by atoms with Gasteiger partial charge in [0.25, 0.3) is 0 Å². The Morgan fingerprint density at radius 2 is 1.95 bits per heavy atom. The Bertz CT molecular complexity index is 784. The molecule has 0 amide bonds. The highest BCUT2D eigenvalue weighted by Gasteiger charge is 2.14. The SMILES string of the molecule is CCCn1c(Br)nc2c(N)nc(NCc3ccccc3)nc21. The van der Waals surface area contributed by atoms with Crippen LogP contribution in [0.2, 0.25) is 0 Å². The molecular weight excluding hydrogens is 344 g/mol. The lowest BCUT2D eigenvalue weighted by Crippen LogP contribution is -2.07. The second kappa shape index (κ2) is 6.31. The van der Waals surface area contributed by atoms with E-state index in [0.717, 1.165) is 28.9 Å². The smallest absolute Gasteiger partial charge is 0.227 e. The molecule has 3 N–H and O–H groups in total. The van der Waals surface area contributed by atoms with E-state index < -0.39 is 0 Å². The van der Waals surface area contributed by atoms with Crippen molar-refractivity contribution in [3.63, 3.8) is 0 Å². The standard InChI is InChI=1S/C15H17BrN6/c1-2-8-22-13-11(19-14(22)16)12(17)20-15(21-13)18-9-10-6-4-3-5-7-10/h3-7H,2,8-9H2,1H3,(H3,17,18,20,21). The third-order valence-corrected chi connectivity index (χ3v) is 3.92. The number of nitrogens with zero attached hydrogens (tertiary/aromatic N) is 4. The van der Waals surface area contributed by atoms with Crippen LogP contribution in [0.5, 0.6) is 0 Å². The van der Waals surface area contributed by atoms with Gasteiger partial charge in [-0.15, -0.1) is 0 Å². The first kappa shape index (κ1) is 14.8. The number of aromatic nitrogens is 4. The first-order valence-electron chi connectivity index (χ1n) is 7.16. The molecule has 0 radical (unpaired) electrons. The van der Waals surface area contributed by atoms with Crippen molar-refractivity contribution in [2.75, 3.05) is 11.1 Å². The van der Waals surface area contributed by atoms with Crippen LogP contribution in [-0.4, -0.2) is 19.5 Å². The van der Waals surface area contributed by atoms with Gasteiger partial charge in [-0.25, -0.2) is 4.98 Å². The molecule has 2 aromatic heterocycles. The lowest BCUT2D eigenvalue weighted by molar-refractivity contribution is 0.677. The predicted molar refractivity (Wildman–Crippen MR) is 91.5 cm³/mol. The number of anilines is 2. The Morgan fingerprint density at radius 3 is 2.68 bits per heavy atom. The number of rotatable bonds is 5. The van der Waals surface area contributed by atoms with Gasteiger partial charge in [0.15, 0.2) is 21.7 Å². The number of nitrogens with two attached hydrogens (primary N) is 1. The fraction of sp³-hybridized carbons (Fsp3) is 0.267. The van der Waals surface area contributed by atoms with E-state index >= 15 is 0 Å². The highest BCUT2D eigenvalue weighted by atomic mass is 79.9. The number of hydrogen-bond donors (Lipinski definition) is 2. The molecule has 2 heterocycles. The van der Waals surface area contributed by atoms with Gasteiger partial charge in [0.05, 0.1) is 0 Å². The van der Waals surface area contributed by atoms with Crippen LogP contribution in [0.3, 0.4) is 0 Å². The summed E-state index contributed by atoms with van der Waals surface area (Å²) in [5.41, 5.74) is 8.55. The van der Waals surface area contributed by atoms with Gasteiger partial charge in [-0.3, -0.25) is 0 Å². The highest BCUT2D eigenvalue weighted by Crippen LogP contribution is 2.24. The van der Waals surface area contributed by atoms with Crippen molar-refractivity contribution < 1.29 is 0 Å². The van der Waals surface area contributed by atoms with E-state index in [1.807, 2.05) is 34.9 Å². The third kappa shape index (κ3) is 2.89. The van der Waals surface area contributed by atoms with E-state index in [1.54, 1.807) is 0 Å². The molecule has 0 fully saturated rings. The van der Waals surface area contributed by atoms with Crippen molar-refractivity contribution in [2.45, 2.75) is 26.4 Å². The van der Waals surface area contributed by atoms with Gasteiger partial charge in [-0.2, -0.15) is 9.97 Å². The van der Waals surface area contributed by atoms with Gasteiger partial charge in [0.1, 0.15) is 0 Å². The molecule has 7 heteroatoms. The maximum atomic E-state index is 6.02. The molecule has 0 aliphatic rings. The predicted octanol–water partition coefficient (Wildman–Crippen LogP) is 3.19. The van der Waals surface area contributed by atoms with Gasteiger partial charge < -0.3 is 15.6 Å². The second-order valence-electron chi connectivity index (χ2n) is 4.98. The van der Waals surface area contributed by atoms with Crippen molar-refractivity contribution >= 4 is 38.9 Å². The lowest BCUT2D eigenvalue weighted by atomic mass is 10.2. The summed E-state index contributed by atoms with van der Waals surface area (Å²) in [7, 11) is 0. The third-order valence-electron chi connectivity index (χ3n) is 3.32. The van der Waals surface area contributed by atoms with Crippen LogP contribution in [-0.2, 0) is 13.1 Å². The number of benzene rings is 1. The fourth-order valence-electron chi connectivity index (χ4n) is 2.27. The van der Waals surface area contributed by atoms with Crippen molar-refractivity contribution in [1.82, 2.24) is 19.5 Å². The zero-order valence-corrected chi connectivity index (χ0v) is 13.8. The minimum absolute atomic E-state index is 0.385. The Kier molecular flexibility index (Phi) is 4.24. The zero-order chi connectivity index (χ0) is 15.5. The van der Waals surface area contributed by atoms with Crippen molar-refractivity contribution in [2.24, 2.45) is 0 Å². The highest BCUT2D eigenvalue weighted by molar-refractivity contribution is 9.10. The van der Waals surface area contributed by atoms with E-state index in [1.165, 1.54) is 0 Å². The van der Waals surface area contributed by atoms with Gasteiger partial charge >= 0.3 is 0 Å². The van der Waals surface area contributed by atoms with E-state index in [9.17, 15) is 0 Å². The van der Waals surface area contributed by atoms with E-state index in [2.05, 4.69) is 43.1 Å². The quantitative estimate of drug-likeness (QED) is 0.682. The minimum atomic E-state index is 0.385. The summed E-state index contributed by atoms with van der Waals surface area (Å²) >= 11 is 3.45. The maximum absolute atomic E-state index is 6.02. The summed E-state index contributed by atoms with van der Waals surface area (Å²) in [5.74, 6) is 0.898. The molecule has 3 rings (SSSR count). The Hall–Kier alpha value is -2.15. The summed E-state index contributed by atoms with van der Waals surface area (Å²) in [6.45, 7) is 3.58. The summed E-state index contributed by atoms with van der Waals surface area (Å²) in [5, 5.41) is 3.21. The van der Waals surface area contributed by atoms with Crippen molar-refractivity contribution in [1.29, 1.82) is 0 Å². The number of fused-ring (bicyclic) bond motifs is 1. The van der Waals surface area contributed by atoms with E-state index in [0.29, 0.717) is 23.8 Å². The number of halogens is 1. The Morgan fingerprint density at radius 1 is 1.18 bits per heavy atom. The summed E-state index contributed by atoms with van der Waals surface area (Å²) in [6, 6.07) is 10.1. The average molecular weight is 361 g/mol. The molecule has 0 aliphatic heterocycles. The molecule has 0 spiro atoms. The molecule has 0 bridgehead atoms. The van der Waals surface area contributed by atoms with E-state index in [4.69, 9.17) is 5.73 Å². The molecule has 0 unspecified atom stereocenters. The summed E-state index contributed by atoms with van der Waals surface area (Å²) in [6.07, 6.45) is 0.987. The lowest BCUT2D eigenvalue weighted by Gasteiger charge is -2.07. The van der Waals surface area contributed by atoms with Gasteiger partial charge in [0.2, 0.25) is 5.95 Å². The molecular formula is C15H17BrN6. The summed E-state index contributed by atoms with van der Waals surface area (Å²) in [4.78, 5) is 13.2. The van der Waals surface area contributed by atoms with Crippen LogP contribution in [0.25, 0.3) is 11.2 Å². The monoisotopic (exact) mass is 360 g/mol. The minimum Gasteiger partial charge on any atom is -0.382 e. The van der Waals surface area contributed by atoms with Crippen LogP contribution in [0.1, 0.15) is 18.9 Å². The summed E-state index contributed by atoms with van der Waals surface area (Å²) < 4.78 is 2.73. The molecule has 0 saturated carbocycles. The zero-order valence-electron chi connectivity index (χ0n) is 12.3. The van der Waals surface area contributed by atoms with Gasteiger partial charge in [0, 0.05) is 13.1 Å². The van der Waals surface area contributed by atoms with Crippen LogP contribution < -0.4 is 11.1 Å². The number of aryl methyl sites for hydroxylation is 1. The van der Waals surface area contributed by atoms with Gasteiger partial charge in [-0.05, 0) is 27.9 Å². The van der Waals surface area contributed by atoms with Crippen LogP contribution in [0.4, 0.5) is 11.8 Å². The van der Waals surface area contributed by atoms with Crippen LogP contribution in [0, 0.1) is 0 Å². The normalized spacial score (nSPS) is 11.0. The Balaban J connectivity index is 1.92. The van der Waals surface area contributed by atoms with Crippen molar-refractivity contribution in [3.05, 3.63) is 40.6 Å². The molecule has 22 heavy (non-hydrogen) atoms. The van der Waals surface area contributed by atoms with Gasteiger partial charge in [-0.1, -0.05) is 37.3 Å². The molecule has 114 valence electrons. The average Bonchev–Trinajstić information content (AvgIpc) is 2.84. The second-order valence-corrected chi connectivity index (χ2v) is 5.69. The van der Waals surface area contributed by atoms with Crippen molar-refractivity contribution in [3.8, 4) is 0 Å². The topological polar surface area (TPSA) is 81.7 Å². The van der Waals surface area contributed by atoms with E-state index in [-0.39, 0.29) is 0 Å². The number of imidazole rings is 1. The molecule has 1 aromatic carbocycles. The fourth-order valence-corrected chi connectivity index (χ4v) is 2.80. The Labute approximate surface area is 136 Å².